The van der Waals surface area contributed by atoms with E-state index in [1.54, 1.807) is 0 Å². The lowest BCUT2D eigenvalue weighted by atomic mass is 10.1. The summed E-state index contributed by atoms with van der Waals surface area (Å²) in [6, 6.07) is 10.9. The van der Waals surface area contributed by atoms with E-state index < -0.39 is 0 Å². The molecule has 3 heteroatoms. The van der Waals surface area contributed by atoms with Crippen LogP contribution in [-0.2, 0) is 6.42 Å². The molecule has 1 heterocycles. The van der Waals surface area contributed by atoms with E-state index in [0.29, 0.717) is 4.83 Å². The van der Waals surface area contributed by atoms with Crippen LogP contribution in [-0.4, -0.2) is 0 Å². The summed E-state index contributed by atoms with van der Waals surface area (Å²) in [7, 11) is 0. The monoisotopic (exact) mass is 358 g/mol. The van der Waals surface area contributed by atoms with Gasteiger partial charge in [-0.25, -0.2) is 0 Å². The Hall–Kier alpha value is -0.120. The second kappa shape index (κ2) is 5.48. The average molecular weight is 360 g/mol. The molecule has 16 heavy (non-hydrogen) atoms. The van der Waals surface area contributed by atoms with Gasteiger partial charge in [-0.15, -0.1) is 11.3 Å². The standard InChI is InChI=1S/C13H12Br2S/c1-9(14)12-8-10(4-5-13(12)15)7-11-3-2-6-16-11/h2-6,8-9H,7H2,1H3. The van der Waals surface area contributed by atoms with Crippen LogP contribution in [0.4, 0.5) is 0 Å². The molecule has 1 atom stereocenters. The maximum Gasteiger partial charge on any atom is 0.0378 e. The van der Waals surface area contributed by atoms with Gasteiger partial charge in [-0.1, -0.05) is 50.1 Å². The highest BCUT2D eigenvalue weighted by Gasteiger charge is 2.07. The third kappa shape index (κ3) is 2.96. The molecule has 84 valence electrons. The van der Waals surface area contributed by atoms with Crippen molar-refractivity contribution >= 4 is 43.2 Å². The first-order chi connectivity index (χ1) is 7.66. The van der Waals surface area contributed by atoms with Crippen LogP contribution < -0.4 is 0 Å². The van der Waals surface area contributed by atoms with Crippen molar-refractivity contribution in [3.8, 4) is 0 Å². The molecular weight excluding hydrogens is 348 g/mol. The van der Waals surface area contributed by atoms with Crippen LogP contribution in [0, 0.1) is 0 Å². The van der Waals surface area contributed by atoms with Gasteiger partial charge in [-0.05, 0) is 35.6 Å². The van der Waals surface area contributed by atoms with Gasteiger partial charge in [0.1, 0.15) is 0 Å². The third-order valence-corrected chi connectivity index (χ3v) is 4.54. The second-order valence-corrected chi connectivity index (χ2v) is 6.99. The van der Waals surface area contributed by atoms with Crippen LogP contribution in [0.3, 0.4) is 0 Å². The molecule has 1 aromatic heterocycles. The summed E-state index contributed by atoms with van der Waals surface area (Å²) >= 11 is 9.01. The Morgan fingerprint density at radius 3 is 2.75 bits per heavy atom. The molecule has 0 saturated heterocycles. The zero-order chi connectivity index (χ0) is 11.5. The molecule has 0 saturated carbocycles. The number of rotatable bonds is 3. The van der Waals surface area contributed by atoms with Crippen molar-refractivity contribution in [2.45, 2.75) is 18.2 Å². The predicted octanol–water partition coefficient (Wildman–Crippen LogP) is 5.56. The van der Waals surface area contributed by atoms with Crippen molar-refractivity contribution < 1.29 is 0 Å². The number of hydrogen-bond acceptors (Lipinski definition) is 1. The van der Waals surface area contributed by atoms with E-state index in [0.717, 1.165) is 6.42 Å². The Morgan fingerprint density at radius 1 is 1.31 bits per heavy atom. The predicted molar refractivity (Wildman–Crippen MR) is 78.6 cm³/mol. The highest BCUT2D eigenvalue weighted by atomic mass is 79.9. The highest BCUT2D eigenvalue weighted by molar-refractivity contribution is 9.11. The van der Waals surface area contributed by atoms with Crippen molar-refractivity contribution in [3.63, 3.8) is 0 Å². The van der Waals surface area contributed by atoms with E-state index in [2.05, 4.69) is 74.5 Å². The maximum atomic E-state index is 3.62. The Kier molecular flexibility index (Phi) is 4.22. The van der Waals surface area contributed by atoms with Crippen LogP contribution in [0.25, 0.3) is 0 Å². The molecule has 0 bridgehead atoms. The van der Waals surface area contributed by atoms with Gasteiger partial charge in [0.05, 0.1) is 0 Å². The summed E-state index contributed by atoms with van der Waals surface area (Å²) in [6.45, 7) is 2.15. The smallest absolute Gasteiger partial charge is 0.0378 e. The molecule has 0 aliphatic carbocycles. The fraction of sp³-hybridized carbons (Fsp3) is 0.231. The van der Waals surface area contributed by atoms with Crippen molar-refractivity contribution in [1.82, 2.24) is 0 Å². The van der Waals surface area contributed by atoms with Crippen LogP contribution >= 0.6 is 43.2 Å². The minimum absolute atomic E-state index is 0.380. The quantitative estimate of drug-likeness (QED) is 0.629. The number of benzene rings is 1. The Labute approximate surface area is 117 Å². The molecule has 1 aromatic carbocycles. The highest BCUT2D eigenvalue weighted by Crippen LogP contribution is 2.30. The molecule has 0 fully saturated rings. The minimum Gasteiger partial charge on any atom is -0.149 e. The molecule has 0 aliphatic rings. The second-order valence-electron chi connectivity index (χ2n) is 3.73. The molecule has 1 unspecified atom stereocenters. The van der Waals surface area contributed by atoms with Gasteiger partial charge in [0.2, 0.25) is 0 Å². The summed E-state index contributed by atoms with van der Waals surface area (Å²) in [4.78, 5) is 1.79. The van der Waals surface area contributed by atoms with Crippen LogP contribution in [0.5, 0.6) is 0 Å². The number of thiophene rings is 1. The van der Waals surface area contributed by atoms with Crippen LogP contribution in [0.2, 0.25) is 0 Å². The summed E-state index contributed by atoms with van der Waals surface area (Å²) < 4.78 is 1.17. The minimum atomic E-state index is 0.380. The molecule has 0 N–H and O–H groups in total. The number of alkyl halides is 1. The fourth-order valence-corrected chi connectivity index (χ4v) is 3.64. The normalized spacial score (nSPS) is 12.7. The molecule has 0 amide bonds. The Morgan fingerprint density at radius 2 is 2.12 bits per heavy atom. The lowest BCUT2D eigenvalue weighted by molar-refractivity contribution is 1.09. The summed E-state index contributed by atoms with van der Waals surface area (Å²) in [6.07, 6.45) is 1.03. The van der Waals surface area contributed by atoms with E-state index >= 15 is 0 Å². The number of hydrogen-bond donors (Lipinski definition) is 0. The van der Waals surface area contributed by atoms with Gasteiger partial charge in [-0.2, -0.15) is 0 Å². The molecule has 0 radical (unpaired) electrons. The summed E-state index contributed by atoms with van der Waals surface area (Å²) in [5.74, 6) is 0. The van der Waals surface area contributed by atoms with Crippen molar-refractivity contribution in [2.24, 2.45) is 0 Å². The molecular formula is C13H12Br2S. The zero-order valence-corrected chi connectivity index (χ0v) is 12.9. The Bertz CT molecular complexity index is 461. The van der Waals surface area contributed by atoms with E-state index in [-0.39, 0.29) is 0 Å². The summed E-state index contributed by atoms with van der Waals surface area (Å²) in [5.41, 5.74) is 2.68. The SMILES string of the molecule is CC(Br)c1cc(Cc2cccs2)ccc1Br. The van der Waals surface area contributed by atoms with Gasteiger partial charge in [-0.3, -0.25) is 0 Å². The van der Waals surface area contributed by atoms with E-state index in [1.165, 1.54) is 20.5 Å². The third-order valence-electron chi connectivity index (χ3n) is 2.45. The topological polar surface area (TPSA) is 0 Å². The molecule has 0 spiro atoms. The van der Waals surface area contributed by atoms with E-state index in [1.807, 2.05) is 11.3 Å². The van der Waals surface area contributed by atoms with Gasteiger partial charge in [0.25, 0.3) is 0 Å². The molecule has 0 aliphatic heterocycles. The van der Waals surface area contributed by atoms with Gasteiger partial charge in [0, 0.05) is 20.6 Å². The Balaban J connectivity index is 2.26. The summed E-state index contributed by atoms with van der Waals surface area (Å²) in [5, 5.41) is 2.13. The van der Waals surface area contributed by atoms with E-state index in [4.69, 9.17) is 0 Å². The van der Waals surface area contributed by atoms with Crippen LogP contribution in [0.15, 0.2) is 40.2 Å². The average Bonchev–Trinajstić information content (AvgIpc) is 2.73. The number of halogens is 2. The first-order valence-electron chi connectivity index (χ1n) is 5.11. The van der Waals surface area contributed by atoms with Crippen molar-refractivity contribution in [1.29, 1.82) is 0 Å². The van der Waals surface area contributed by atoms with Gasteiger partial charge < -0.3 is 0 Å². The first-order valence-corrected chi connectivity index (χ1v) is 7.70. The first kappa shape index (κ1) is 12.3. The zero-order valence-electron chi connectivity index (χ0n) is 8.91. The lowest BCUT2D eigenvalue weighted by Gasteiger charge is -2.09. The van der Waals surface area contributed by atoms with Gasteiger partial charge >= 0.3 is 0 Å². The lowest BCUT2D eigenvalue weighted by Crippen LogP contribution is -1.91. The van der Waals surface area contributed by atoms with Gasteiger partial charge in [0.15, 0.2) is 0 Å². The fourth-order valence-electron chi connectivity index (χ4n) is 1.62. The van der Waals surface area contributed by atoms with Crippen molar-refractivity contribution in [3.05, 3.63) is 56.2 Å². The largest absolute Gasteiger partial charge is 0.149 e. The van der Waals surface area contributed by atoms with E-state index in [9.17, 15) is 0 Å². The van der Waals surface area contributed by atoms with Crippen LogP contribution in [0.1, 0.15) is 27.8 Å². The molecule has 0 nitrogen and oxygen atoms in total. The maximum absolute atomic E-state index is 3.62. The molecule has 2 aromatic rings. The molecule has 2 rings (SSSR count). The van der Waals surface area contributed by atoms with Crippen molar-refractivity contribution in [2.75, 3.05) is 0 Å².